The van der Waals surface area contributed by atoms with Gasteiger partial charge in [0.25, 0.3) is 0 Å². The average Bonchev–Trinajstić information content (AvgIpc) is 1.97. The maximum atomic E-state index is 4.90. The maximum absolute atomic E-state index is 4.90. The number of hydrogen-bond donors (Lipinski definition) is 0. The Bertz CT molecular complexity index is 209. The summed E-state index contributed by atoms with van der Waals surface area (Å²) >= 11 is 0. The minimum Gasteiger partial charge on any atom is -0.504 e. The quantitative estimate of drug-likeness (QED) is 0.381. The lowest BCUT2D eigenvalue weighted by Gasteiger charge is -2.37. The molecule has 0 radical (unpaired) electrons. The minimum atomic E-state index is -1.41. The van der Waals surface area contributed by atoms with Crippen molar-refractivity contribution in [3.8, 4) is 0 Å². The van der Waals surface area contributed by atoms with Gasteiger partial charge in [0.15, 0.2) is 0 Å². The van der Waals surface area contributed by atoms with Gasteiger partial charge in [0.2, 0.25) is 0 Å². The number of rotatable bonds is 3. The van der Waals surface area contributed by atoms with Gasteiger partial charge < -0.3 is 4.74 Å². The van der Waals surface area contributed by atoms with Gasteiger partial charge in [-0.3, -0.25) is 0 Å². The molecule has 0 saturated heterocycles. The molecule has 0 aliphatic rings. The Kier molecular flexibility index (Phi) is 3.98. The van der Waals surface area contributed by atoms with Crippen LogP contribution in [0.15, 0.2) is 24.1 Å². The Labute approximate surface area is 83.5 Å². The third kappa shape index (κ3) is 3.03. The molecule has 0 aromatic carbocycles. The summed E-state index contributed by atoms with van der Waals surface area (Å²) in [6.07, 6.45) is 3.71. The van der Waals surface area contributed by atoms with Gasteiger partial charge in [-0.15, -0.1) is 0 Å². The summed E-state index contributed by atoms with van der Waals surface area (Å²) in [6, 6.07) is 0. The standard InChI is InChI=1S/C11H22OSi/c1-10(8-9-12-5)13(6,7)11(2,3)4/h8-9H,1H2,2-7H3/b9-8+. The van der Waals surface area contributed by atoms with Gasteiger partial charge in [0.1, 0.15) is 0 Å². The molecular formula is C11H22OSi. The van der Waals surface area contributed by atoms with E-state index in [9.17, 15) is 0 Å². The normalized spacial score (nSPS) is 13.4. The molecule has 0 aromatic rings. The predicted octanol–water partition coefficient (Wildman–Crippen LogP) is 3.75. The fourth-order valence-electron chi connectivity index (χ4n) is 0.840. The van der Waals surface area contributed by atoms with E-state index in [1.165, 1.54) is 5.20 Å². The Hall–Kier alpha value is -0.503. The molecule has 0 aliphatic heterocycles. The zero-order valence-corrected chi connectivity index (χ0v) is 10.8. The van der Waals surface area contributed by atoms with Gasteiger partial charge >= 0.3 is 0 Å². The highest BCUT2D eigenvalue weighted by atomic mass is 28.3. The highest BCUT2D eigenvalue weighted by Gasteiger charge is 2.36. The fraction of sp³-hybridized carbons (Fsp3) is 0.636. The molecule has 0 heterocycles. The van der Waals surface area contributed by atoms with Crippen LogP contribution in [0.5, 0.6) is 0 Å². The third-order valence-electron chi connectivity index (χ3n) is 3.08. The van der Waals surface area contributed by atoms with Crippen LogP contribution in [0.4, 0.5) is 0 Å². The number of allylic oxidation sites excluding steroid dienone is 2. The molecule has 0 atom stereocenters. The van der Waals surface area contributed by atoms with E-state index in [4.69, 9.17) is 4.74 Å². The molecule has 0 spiro atoms. The van der Waals surface area contributed by atoms with Gasteiger partial charge in [-0.25, -0.2) is 0 Å². The summed E-state index contributed by atoms with van der Waals surface area (Å²) in [6.45, 7) is 15.7. The molecule has 0 aromatic heterocycles. The van der Waals surface area contributed by atoms with E-state index in [2.05, 4.69) is 40.4 Å². The van der Waals surface area contributed by atoms with Crippen LogP contribution >= 0.6 is 0 Å². The lowest BCUT2D eigenvalue weighted by molar-refractivity contribution is 0.338. The van der Waals surface area contributed by atoms with Crippen LogP contribution in [0, 0.1) is 0 Å². The molecule has 0 amide bonds. The second-order valence-corrected chi connectivity index (χ2v) is 10.3. The largest absolute Gasteiger partial charge is 0.504 e. The van der Waals surface area contributed by atoms with Crippen LogP contribution in [0.1, 0.15) is 20.8 Å². The van der Waals surface area contributed by atoms with Crippen molar-refractivity contribution in [1.82, 2.24) is 0 Å². The van der Waals surface area contributed by atoms with Gasteiger partial charge in [-0.05, 0) is 11.1 Å². The van der Waals surface area contributed by atoms with Crippen LogP contribution in [0.3, 0.4) is 0 Å². The van der Waals surface area contributed by atoms with Crippen molar-refractivity contribution in [2.75, 3.05) is 7.11 Å². The Morgan fingerprint density at radius 1 is 1.31 bits per heavy atom. The summed E-state index contributed by atoms with van der Waals surface area (Å²) in [7, 11) is 0.255. The molecule has 0 N–H and O–H groups in total. The predicted molar refractivity (Wildman–Crippen MR) is 62.5 cm³/mol. The summed E-state index contributed by atoms with van der Waals surface area (Å²) in [4.78, 5) is 0. The van der Waals surface area contributed by atoms with Crippen molar-refractivity contribution in [2.24, 2.45) is 0 Å². The molecule has 13 heavy (non-hydrogen) atoms. The lowest BCUT2D eigenvalue weighted by atomic mass is 10.2. The average molecular weight is 198 g/mol. The number of ether oxygens (including phenoxy) is 1. The number of hydrogen-bond acceptors (Lipinski definition) is 1. The second-order valence-electron chi connectivity index (χ2n) is 4.94. The highest BCUT2D eigenvalue weighted by Crippen LogP contribution is 2.40. The molecule has 0 bridgehead atoms. The van der Waals surface area contributed by atoms with E-state index >= 15 is 0 Å². The van der Waals surface area contributed by atoms with Gasteiger partial charge in [-0.1, -0.05) is 45.6 Å². The first-order valence-electron chi connectivity index (χ1n) is 4.62. The van der Waals surface area contributed by atoms with E-state index in [1.54, 1.807) is 13.4 Å². The summed E-state index contributed by atoms with van der Waals surface area (Å²) in [5.74, 6) is 0. The summed E-state index contributed by atoms with van der Waals surface area (Å²) in [5, 5.41) is 1.59. The van der Waals surface area contributed by atoms with Crippen molar-refractivity contribution in [1.29, 1.82) is 0 Å². The van der Waals surface area contributed by atoms with Crippen molar-refractivity contribution in [3.05, 3.63) is 24.1 Å². The highest BCUT2D eigenvalue weighted by molar-refractivity contribution is 6.87. The van der Waals surface area contributed by atoms with Crippen LogP contribution in [0.25, 0.3) is 0 Å². The number of methoxy groups -OCH3 is 1. The Morgan fingerprint density at radius 3 is 2.08 bits per heavy atom. The Morgan fingerprint density at radius 2 is 1.77 bits per heavy atom. The van der Waals surface area contributed by atoms with Gasteiger partial charge in [-0.2, -0.15) is 0 Å². The first-order valence-corrected chi connectivity index (χ1v) is 7.62. The van der Waals surface area contributed by atoms with Crippen molar-refractivity contribution < 1.29 is 4.74 Å². The van der Waals surface area contributed by atoms with Crippen LogP contribution in [-0.4, -0.2) is 15.2 Å². The molecule has 0 fully saturated rings. The summed E-state index contributed by atoms with van der Waals surface area (Å²) in [5.41, 5.74) is 0. The topological polar surface area (TPSA) is 9.23 Å². The molecule has 0 rings (SSSR count). The Balaban J connectivity index is 4.65. The van der Waals surface area contributed by atoms with Gasteiger partial charge in [0.05, 0.1) is 21.4 Å². The van der Waals surface area contributed by atoms with E-state index < -0.39 is 8.07 Å². The molecule has 1 nitrogen and oxygen atoms in total. The zero-order valence-electron chi connectivity index (χ0n) is 9.77. The molecular weight excluding hydrogens is 176 g/mol. The smallest absolute Gasteiger partial charge is 0.0852 e. The van der Waals surface area contributed by atoms with E-state index in [1.807, 2.05) is 6.08 Å². The monoisotopic (exact) mass is 198 g/mol. The van der Waals surface area contributed by atoms with E-state index in [-0.39, 0.29) is 0 Å². The van der Waals surface area contributed by atoms with Crippen LogP contribution < -0.4 is 0 Å². The third-order valence-corrected chi connectivity index (χ3v) is 8.61. The van der Waals surface area contributed by atoms with Crippen molar-refractivity contribution in [3.63, 3.8) is 0 Å². The fourth-order valence-corrected chi connectivity index (χ4v) is 2.29. The SMILES string of the molecule is C=C(/C=C/OC)[Si](C)(C)C(C)(C)C. The minimum absolute atomic E-state index is 0.349. The second kappa shape index (κ2) is 4.14. The van der Waals surface area contributed by atoms with Crippen LogP contribution in [-0.2, 0) is 4.74 Å². The van der Waals surface area contributed by atoms with E-state index in [0.29, 0.717) is 5.04 Å². The first-order chi connectivity index (χ1) is 5.73. The molecule has 2 heteroatoms. The van der Waals surface area contributed by atoms with Gasteiger partial charge in [0, 0.05) is 0 Å². The first kappa shape index (κ1) is 12.5. The maximum Gasteiger partial charge on any atom is 0.0852 e. The molecule has 0 saturated carbocycles. The lowest BCUT2D eigenvalue weighted by Crippen LogP contribution is -2.38. The molecule has 0 unspecified atom stereocenters. The molecule has 76 valence electrons. The van der Waals surface area contributed by atoms with Crippen molar-refractivity contribution >= 4 is 8.07 Å². The zero-order chi connectivity index (χ0) is 10.7. The van der Waals surface area contributed by atoms with E-state index in [0.717, 1.165) is 0 Å². The molecule has 0 aliphatic carbocycles. The van der Waals surface area contributed by atoms with Crippen molar-refractivity contribution in [2.45, 2.75) is 38.9 Å². The summed E-state index contributed by atoms with van der Waals surface area (Å²) < 4.78 is 4.90. The van der Waals surface area contributed by atoms with Crippen LogP contribution in [0.2, 0.25) is 18.1 Å².